The van der Waals surface area contributed by atoms with Gasteiger partial charge in [0.2, 0.25) is 0 Å². The molecule has 5 heteroatoms. The predicted molar refractivity (Wildman–Crippen MR) is 73.6 cm³/mol. The average molecular weight is 271 g/mol. The summed E-state index contributed by atoms with van der Waals surface area (Å²) in [4.78, 5) is 0. The molecule has 1 N–H and O–H groups in total. The van der Waals surface area contributed by atoms with Crippen molar-refractivity contribution in [3.8, 4) is 5.75 Å². The van der Waals surface area contributed by atoms with E-state index in [0.29, 0.717) is 13.1 Å². The minimum absolute atomic E-state index is 0.168. The molecule has 1 aromatic carbocycles. The molecular weight excluding hydrogens is 250 g/mol. The van der Waals surface area contributed by atoms with Crippen molar-refractivity contribution in [3.05, 3.63) is 29.8 Å². The van der Waals surface area contributed by atoms with Crippen LogP contribution in [-0.4, -0.2) is 33.1 Å². The van der Waals surface area contributed by atoms with Gasteiger partial charge in [-0.2, -0.15) is 0 Å². The van der Waals surface area contributed by atoms with Crippen LogP contribution in [0.25, 0.3) is 0 Å². The molecule has 0 saturated carbocycles. The summed E-state index contributed by atoms with van der Waals surface area (Å²) in [6.45, 7) is 5.11. The van der Waals surface area contributed by atoms with E-state index in [1.165, 1.54) is 6.26 Å². The number of hydrogen-bond acceptors (Lipinski definition) is 4. The molecular formula is C13H21NO3S. The molecule has 0 fully saturated rings. The summed E-state index contributed by atoms with van der Waals surface area (Å²) in [5.74, 6) is 1.02. The molecule has 1 aromatic rings. The van der Waals surface area contributed by atoms with Crippen molar-refractivity contribution >= 4 is 9.84 Å². The number of ether oxygens (including phenoxy) is 1. The van der Waals surface area contributed by atoms with Gasteiger partial charge in [0.25, 0.3) is 0 Å². The van der Waals surface area contributed by atoms with Crippen molar-refractivity contribution in [3.63, 3.8) is 0 Å². The Balaban J connectivity index is 2.35. The highest BCUT2D eigenvalue weighted by Gasteiger charge is 2.01. The minimum Gasteiger partial charge on any atom is -0.491 e. The van der Waals surface area contributed by atoms with Crippen LogP contribution in [-0.2, 0) is 16.4 Å². The van der Waals surface area contributed by atoms with Gasteiger partial charge in [0, 0.05) is 19.3 Å². The van der Waals surface area contributed by atoms with Gasteiger partial charge in [-0.05, 0) is 31.5 Å². The molecule has 0 saturated heterocycles. The maximum atomic E-state index is 10.9. The number of benzene rings is 1. The van der Waals surface area contributed by atoms with E-state index in [4.69, 9.17) is 4.74 Å². The molecule has 0 heterocycles. The van der Waals surface area contributed by atoms with Crippen molar-refractivity contribution in [1.82, 2.24) is 5.32 Å². The Bertz CT molecular complexity index is 452. The van der Waals surface area contributed by atoms with Crippen LogP contribution in [0.3, 0.4) is 0 Å². The fourth-order valence-electron chi connectivity index (χ4n) is 1.45. The van der Waals surface area contributed by atoms with Crippen LogP contribution in [0.15, 0.2) is 24.3 Å². The van der Waals surface area contributed by atoms with Crippen LogP contribution in [0.2, 0.25) is 0 Å². The van der Waals surface area contributed by atoms with Gasteiger partial charge in [-0.1, -0.05) is 12.1 Å². The first-order chi connectivity index (χ1) is 8.37. The van der Waals surface area contributed by atoms with E-state index in [1.807, 2.05) is 38.1 Å². The summed E-state index contributed by atoms with van der Waals surface area (Å²) in [6, 6.07) is 7.80. The predicted octanol–water partition coefficient (Wildman–Crippen LogP) is 1.61. The van der Waals surface area contributed by atoms with E-state index in [9.17, 15) is 8.42 Å². The minimum atomic E-state index is -2.88. The van der Waals surface area contributed by atoms with Crippen LogP contribution in [0, 0.1) is 0 Å². The summed E-state index contributed by atoms with van der Waals surface area (Å²) in [5, 5.41) is 3.10. The van der Waals surface area contributed by atoms with E-state index >= 15 is 0 Å². The number of sulfone groups is 1. The van der Waals surface area contributed by atoms with Crippen LogP contribution >= 0.6 is 0 Å². The van der Waals surface area contributed by atoms with E-state index in [0.717, 1.165) is 11.3 Å². The lowest BCUT2D eigenvalue weighted by Crippen LogP contribution is -2.21. The Morgan fingerprint density at radius 1 is 1.22 bits per heavy atom. The second-order valence-corrected chi connectivity index (χ2v) is 6.88. The lowest BCUT2D eigenvalue weighted by Gasteiger charge is -2.10. The van der Waals surface area contributed by atoms with Gasteiger partial charge in [-0.15, -0.1) is 0 Å². The summed E-state index contributed by atoms with van der Waals surface area (Å²) in [6.07, 6.45) is 1.41. The van der Waals surface area contributed by atoms with Crippen LogP contribution < -0.4 is 10.1 Å². The van der Waals surface area contributed by atoms with E-state index < -0.39 is 9.84 Å². The molecule has 0 amide bonds. The third-order valence-corrected chi connectivity index (χ3v) is 3.22. The molecule has 0 aromatic heterocycles. The van der Waals surface area contributed by atoms with E-state index in [-0.39, 0.29) is 11.9 Å². The monoisotopic (exact) mass is 271 g/mol. The lowest BCUT2D eigenvalue weighted by atomic mass is 10.2. The first-order valence-electron chi connectivity index (χ1n) is 6.01. The molecule has 0 bridgehead atoms. The molecule has 0 aliphatic carbocycles. The SMILES string of the molecule is CC(C)Oc1ccc(CNCCS(C)(=O)=O)cc1. The summed E-state index contributed by atoms with van der Waals surface area (Å²) >= 11 is 0. The van der Waals surface area contributed by atoms with E-state index in [2.05, 4.69) is 5.32 Å². The molecule has 0 unspecified atom stereocenters. The Hall–Kier alpha value is -1.07. The molecule has 0 aliphatic rings. The lowest BCUT2D eigenvalue weighted by molar-refractivity contribution is 0.242. The largest absolute Gasteiger partial charge is 0.491 e. The van der Waals surface area contributed by atoms with Gasteiger partial charge < -0.3 is 10.1 Å². The van der Waals surface area contributed by atoms with Crippen molar-refractivity contribution in [2.24, 2.45) is 0 Å². The highest BCUT2D eigenvalue weighted by Crippen LogP contribution is 2.13. The molecule has 18 heavy (non-hydrogen) atoms. The molecule has 102 valence electrons. The summed E-state index contributed by atoms with van der Waals surface area (Å²) in [5.41, 5.74) is 1.11. The second-order valence-electron chi connectivity index (χ2n) is 4.62. The van der Waals surface area contributed by atoms with Crippen LogP contribution in [0.1, 0.15) is 19.4 Å². The van der Waals surface area contributed by atoms with Crippen LogP contribution in [0.5, 0.6) is 5.75 Å². The molecule has 4 nitrogen and oxygen atoms in total. The number of rotatable bonds is 7. The smallest absolute Gasteiger partial charge is 0.148 e. The number of nitrogens with one attached hydrogen (secondary N) is 1. The fourth-order valence-corrected chi connectivity index (χ4v) is 1.96. The Morgan fingerprint density at radius 2 is 1.83 bits per heavy atom. The van der Waals surface area contributed by atoms with Gasteiger partial charge in [0.1, 0.15) is 15.6 Å². The van der Waals surface area contributed by atoms with Gasteiger partial charge in [-0.3, -0.25) is 0 Å². The van der Waals surface area contributed by atoms with Crippen LogP contribution in [0.4, 0.5) is 0 Å². The first-order valence-corrected chi connectivity index (χ1v) is 8.07. The van der Waals surface area contributed by atoms with Gasteiger partial charge >= 0.3 is 0 Å². The molecule has 1 rings (SSSR count). The van der Waals surface area contributed by atoms with Gasteiger partial charge in [0.15, 0.2) is 0 Å². The highest BCUT2D eigenvalue weighted by atomic mass is 32.2. The Kier molecular flexibility index (Phi) is 5.62. The third kappa shape index (κ3) is 6.61. The average Bonchev–Trinajstić information content (AvgIpc) is 2.24. The van der Waals surface area contributed by atoms with Gasteiger partial charge in [0.05, 0.1) is 11.9 Å². The van der Waals surface area contributed by atoms with Crippen molar-refractivity contribution < 1.29 is 13.2 Å². The molecule has 0 atom stereocenters. The first kappa shape index (κ1) is 15.0. The maximum absolute atomic E-state index is 10.9. The Labute approximate surface area is 109 Å². The quantitative estimate of drug-likeness (QED) is 0.766. The van der Waals surface area contributed by atoms with Crippen molar-refractivity contribution in [2.45, 2.75) is 26.5 Å². The van der Waals surface area contributed by atoms with Gasteiger partial charge in [-0.25, -0.2) is 8.42 Å². The summed E-state index contributed by atoms with van der Waals surface area (Å²) in [7, 11) is -2.88. The maximum Gasteiger partial charge on any atom is 0.148 e. The topological polar surface area (TPSA) is 55.4 Å². The second kappa shape index (κ2) is 6.75. The van der Waals surface area contributed by atoms with Crippen molar-refractivity contribution in [1.29, 1.82) is 0 Å². The van der Waals surface area contributed by atoms with E-state index in [1.54, 1.807) is 0 Å². The highest BCUT2D eigenvalue weighted by molar-refractivity contribution is 7.90. The third-order valence-electron chi connectivity index (χ3n) is 2.27. The zero-order valence-electron chi connectivity index (χ0n) is 11.1. The Morgan fingerprint density at radius 3 is 2.33 bits per heavy atom. The van der Waals surface area contributed by atoms with Crippen molar-refractivity contribution in [2.75, 3.05) is 18.6 Å². The fraction of sp³-hybridized carbons (Fsp3) is 0.538. The zero-order chi connectivity index (χ0) is 13.6. The zero-order valence-corrected chi connectivity index (χ0v) is 12.0. The normalized spacial score (nSPS) is 11.8. The molecule has 0 spiro atoms. The standard InChI is InChI=1S/C13H21NO3S/c1-11(2)17-13-6-4-12(5-7-13)10-14-8-9-18(3,15)16/h4-7,11,14H,8-10H2,1-3H3. The summed E-state index contributed by atoms with van der Waals surface area (Å²) < 4.78 is 27.4. The number of hydrogen-bond donors (Lipinski definition) is 1. The molecule has 0 radical (unpaired) electrons. The molecule has 0 aliphatic heterocycles.